The van der Waals surface area contributed by atoms with Gasteiger partial charge in [0, 0.05) is 24.3 Å². The second-order valence-electron chi connectivity index (χ2n) is 5.21. The van der Waals surface area contributed by atoms with Gasteiger partial charge in [-0.05, 0) is 50.0 Å². The molecule has 92 valence electrons. The molecule has 2 saturated heterocycles. The number of nitrogen functional groups attached to an aromatic ring is 1. The van der Waals surface area contributed by atoms with Crippen LogP contribution in [0.25, 0.3) is 0 Å². The Morgan fingerprint density at radius 1 is 1.18 bits per heavy atom. The van der Waals surface area contributed by atoms with Crippen LogP contribution in [0.5, 0.6) is 0 Å². The molecule has 2 aliphatic heterocycles. The fourth-order valence-electron chi connectivity index (χ4n) is 3.22. The number of nitrogens with zero attached hydrogens (tertiary/aromatic N) is 1. The largest absolute Gasteiger partial charge is 0.399 e. The lowest BCUT2D eigenvalue weighted by Crippen LogP contribution is -2.36. The molecule has 0 amide bonds. The summed E-state index contributed by atoms with van der Waals surface area (Å²) in [5.74, 6) is 0. The topological polar surface area (TPSA) is 41.3 Å². The van der Waals surface area contributed by atoms with E-state index in [9.17, 15) is 0 Å². The van der Waals surface area contributed by atoms with Gasteiger partial charge < -0.3 is 11.1 Å². The number of likely N-dealkylation sites (tertiary alicyclic amines) is 1. The minimum atomic E-state index is 0.612. The number of hydrogen-bond donors (Lipinski definition) is 2. The van der Waals surface area contributed by atoms with Crippen LogP contribution < -0.4 is 11.1 Å². The lowest BCUT2D eigenvalue weighted by atomic mass is 10.0. The summed E-state index contributed by atoms with van der Waals surface area (Å²) < 4.78 is 0. The molecule has 0 radical (unpaired) electrons. The molecule has 2 aliphatic rings. The van der Waals surface area contributed by atoms with Gasteiger partial charge in [-0.25, -0.2) is 0 Å². The Morgan fingerprint density at radius 3 is 2.71 bits per heavy atom. The van der Waals surface area contributed by atoms with E-state index >= 15 is 0 Å². The highest BCUT2D eigenvalue weighted by Crippen LogP contribution is 2.34. The molecule has 2 unspecified atom stereocenters. The lowest BCUT2D eigenvalue weighted by molar-refractivity contribution is 0.192. The molecule has 1 aromatic carbocycles. The predicted octanol–water partition coefficient (Wildman–Crippen LogP) is 1.77. The van der Waals surface area contributed by atoms with Gasteiger partial charge in [-0.3, -0.25) is 4.90 Å². The van der Waals surface area contributed by atoms with Gasteiger partial charge in [0.1, 0.15) is 0 Å². The van der Waals surface area contributed by atoms with Crippen LogP contribution in [0.2, 0.25) is 0 Å². The summed E-state index contributed by atoms with van der Waals surface area (Å²) in [6.07, 6.45) is 3.91. The zero-order valence-corrected chi connectivity index (χ0v) is 10.2. The number of nitrogens with one attached hydrogen (secondary N) is 1. The second-order valence-corrected chi connectivity index (χ2v) is 5.21. The third-order valence-electron chi connectivity index (χ3n) is 4.12. The molecule has 2 fully saturated rings. The third kappa shape index (κ3) is 2.17. The van der Waals surface area contributed by atoms with E-state index in [0.717, 1.165) is 18.3 Å². The molecule has 1 aromatic rings. The van der Waals surface area contributed by atoms with Gasteiger partial charge in [-0.2, -0.15) is 0 Å². The first-order valence-corrected chi connectivity index (χ1v) is 6.66. The molecule has 0 bridgehead atoms. The maximum absolute atomic E-state index is 5.76. The fourth-order valence-corrected chi connectivity index (χ4v) is 3.22. The van der Waals surface area contributed by atoms with Crippen LogP contribution in [0.1, 0.15) is 30.9 Å². The van der Waals surface area contributed by atoms with Gasteiger partial charge in [-0.1, -0.05) is 12.1 Å². The van der Waals surface area contributed by atoms with Crippen LogP contribution in [0.4, 0.5) is 5.69 Å². The Labute approximate surface area is 103 Å². The summed E-state index contributed by atoms with van der Waals surface area (Å²) in [6.45, 7) is 3.59. The fraction of sp³-hybridized carbons (Fsp3) is 0.571. The Hall–Kier alpha value is -1.06. The zero-order chi connectivity index (χ0) is 11.7. The minimum Gasteiger partial charge on any atom is -0.399 e. The summed E-state index contributed by atoms with van der Waals surface area (Å²) in [7, 11) is 0. The highest BCUT2D eigenvalue weighted by atomic mass is 15.2. The smallest absolute Gasteiger partial charge is 0.0352 e. The van der Waals surface area contributed by atoms with E-state index in [-0.39, 0.29) is 0 Å². The summed E-state index contributed by atoms with van der Waals surface area (Å²) in [5.41, 5.74) is 8.05. The summed E-state index contributed by atoms with van der Waals surface area (Å²) in [4.78, 5) is 2.69. The molecule has 3 N–H and O–H groups in total. The number of hydrogen-bond acceptors (Lipinski definition) is 3. The molecule has 0 aliphatic carbocycles. The number of nitrogens with two attached hydrogens (primary N) is 1. The molecular formula is C14H21N3. The molecule has 17 heavy (non-hydrogen) atoms. The van der Waals surface area contributed by atoms with Gasteiger partial charge in [0.05, 0.1) is 0 Å². The monoisotopic (exact) mass is 231 g/mol. The minimum absolute atomic E-state index is 0.612. The second kappa shape index (κ2) is 4.67. The van der Waals surface area contributed by atoms with Crippen LogP contribution in [0, 0.1) is 0 Å². The van der Waals surface area contributed by atoms with Gasteiger partial charge >= 0.3 is 0 Å². The van der Waals surface area contributed by atoms with Crippen LogP contribution in [0.3, 0.4) is 0 Å². The van der Waals surface area contributed by atoms with Crippen LogP contribution >= 0.6 is 0 Å². The quantitative estimate of drug-likeness (QED) is 0.762. The summed E-state index contributed by atoms with van der Waals surface area (Å²) in [5, 5.41) is 3.47. The van der Waals surface area contributed by atoms with Crippen molar-refractivity contribution in [3.05, 3.63) is 29.8 Å². The molecule has 2 heterocycles. The molecule has 0 saturated carbocycles. The van der Waals surface area contributed by atoms with Gasteiger partial charge in [-0.15, -0.1) is 0 Å². The lowest BCUT2D eigenvalue weighted by Gasteiger charge is -2.30. The van der Waals surface area contributed by atoms with Gasteiger partial charge in [0.2, 0.25) is 0 Å². The summed E-state index contributed by atoms with van der Waals surface area (Å²) in [6, 6.07) is 9.79. The van der Waals surface area contributed by atoms with Crippen molar-refractivity contribution in [3.8, 4) is 0 Å². The van der Waals surface area contributed by atoms with E-state index in [2.05, 4.69) is 22.3 Å². The Balaban J connectivity index is 1.78. The third-order valence-corrected chi connectivity index (χ3v) is 4.12. The van der Waals surface area contributed by atoms with Crippen LogP contribution in [0.15, 0.2) is 24.3 Å². The molecular weight excluding hydrogens is 210 g/mol. The Morgan fingerprint density at radius 2 is 2.00 bits per heavy atom. The predicted molar refractivity (Wildman–Crippen MR) is 70.8 cm³/mol. The van der Waals surface area contributed by atoms with Crippen molar-refractivity contribution in [1.82, 2.24) is 10.2 Å². The Kier molecular flexibility index (Phi) is 3.04. The van der Waals surface area contributed by atoms with E-state index in [4.69, 9.17) is 5.73 Å². The van der Waals surface area contributed by atoms with E-state index in [1.54, 1.807) is 0 Å². The SMILES string of the molecule is Nc1ccc(C2CCCN2C2CCNC2)cc1. The van der Waals surface area contributed by atoms with Crippen LogP contribution in [-0.2, 0) is 0 Å². The van der Waals surface area contributed by atoms with E-state index in [1.807, 2.05) is 12.1 Å². The van der Waals surface area contributed by atoms with E-state index < -0.39 is 0 Å². The van der Waals surface area contributed by atoms with E-state index in [0.29, 0.717) is 6.04 Å². The average Bonchev–Trinajstić information content (AvgIpc) is 3.00. The highest BCUT2D eigenvalue weighted by Gasteiger charge is 2.32. The maximum atomic E-state index is 5.76. The molecule has 2 atom stereocenters. The normalized spacial score (nSPS) is 29.9. The van der Waals surface area contributed by atoms with Gasteiger partial charge in [0.15, 0.2) is 0 Å². The molecule has 3 heteroatoms. The summed E-state index contributed by atoms with van der Waals surface area (Å²) >= 11 is 0. The molecule has 0 spiro atoms. The standard InChI is InChI=1S/C14H21N3/c15-12-5-3-11(4-6-12)14-2-1-9-17(14)13-7-8-16-10-13/h3-6,13-14,16H,1-2,7-10,15H2. The number of anilines is 1. The first-order valence-electron chi connectivity index (χ1n) is 6.66. The van der Waals surface area contributed by atoms with Crippen LogP contribution in [-0.4, -0.2) is 30.6 Å². The zero-order valence-electron chi connectivity index (χ0n) is 10.2. The maximum Gasteiger partial charge on any atom is 0.0352 e. The van der Waals surface area contributed by atoms with Crippen molar-refractivity contribution < 1.29 is 0 Å². The van der Waals surface area contributed by atoms with Crippen molar-refractivity contribution in [2.24, 2.45) is 0 Å². The van der Waals surface area contributed by atoms with Crippen molar-refractivity contribution >= 4 is 5.69 Å². The number of benzene rings is 1. The molecule has 0 aromatic heterocycles. The first-order chi connectivity index (χ1) is 8.34. The molecule has 3 nitrogen and oxygen atoms in total. The van der Waals surface area contributed by atoms with E-state index in [1.165, 1.54) is 37.9 Å². The van der Waals surface area contributed by atoms with Crippen molar-refractivity contribution in [2.75, 3.05) is 25.4 Å². The number of rotatable bonds is 2. The average molecular weight is 231 g/mol. The van der Waals surface area contributed by atoms with Crippen molar-refractivity contribution in [3.63, 3.8) is 0 Å². The Bertz CT molecular complexity index is 368. The van der Waals surface area contributed by atoms with Crippen molar-refractivity contribution in [1.29, 1.82) is 0 Å². The highest BCUT2D eigenvalue weighted by molar-refractivity contribution is 5.40. The first kappa shape index (κ1) is 11.1. The van der Waals surface area contributed by atoms with Gasteiger partial charge in [0.25, 0.3) is 0 Å². The molecule has 3 rings (SSSR count). The van der Waals surface area contributed by atoms with Crippen molar-refractivity contribution in [2.45, 2.75) is 31.3 Å².